The summed E-state index contributed by atoms with van der Waals surface area (Å²) in [4.78, 5) is 25.9. The molecule has 1 heterocycles. The van der Waals surface area contributed by atoms with E-state index >= 15 is 0 Å². The number of hydrogen-bond donors (Lipinski definition) is 1. The van der Waals surface area contributed by atoms with Crippen molar-refractivity contribution in [2.24, 2.45) is 0 Å². The number of halogens is 3. The van der Waals surface area contributed by atoms with Gasteiger partial charge in [0.1, 0.15) is 0 Å². The van der Waals surface area contributed by atoms with Crippen LogP contribution in [0.2, 0.25) is 0 Å². The maximum Gasteiger partial charge on any atom is 0.416 e. The molecule has 0 fully saturated rings. The van der Waals surface area contributed by atoms with Crippen LogP contribution < -0.4 is 5.32 Å². The second kappa shape index (κ2) is 10.4. The zero-order valence-corrected chi connectivity index (χ0v) is 18.0. The van der Waals surface area contributed by atoms with Crippen LogP contribution in [0.1, 0.15) is 28.9 Å². The molecular weight excluding hydrogens is 413 g/mol. The van der Waals surface area contributed by atoms with Crippen LogP contribution in [0, 0.1) is 13.8 Å². The first kappa shape index (κ1) is 24.4. The molecule has 0 unspecified atom stereocenters. The summed E-state index contributed by atoms with van der Waals surface area (Å²) >= 11 is 0. The van der Waals surface area contributed by atoms with E-state index in [2.05, 4.69) is 10.4 Å². The molecule has 0 aliphatic carbocycles. The molecule has 0 atom stereocenters. The van der Waals surface area contributed by atoms with Gasteiger partial charge in [-0.05, 0) is 38.5 Å². The fraction of sp³-hybridized carbons (Fsp3) is 0.476. The van der Waals surface area contributed by atoms with Crippen LogP contribution in [-0.4, -0.2) is 60.3 Å². The summed E-state index contributed by atoms with van der Waals surface area (Å²) < 4.78 is 45.4. The summed E-state index contributed by atoms with van der Waals surface area (Å²) in [7, 11) is 3.10. The molecule has 0 saturated heterocycles. The van der Waals surface area contributed by atoms with Crippen molar-refractivity contribution in [2.45, 2.75) is 32.9 Å². The summed E-state index contributed by atoms with van der Waals surface area (Å²) in [6, 6.07) is 4.86. The molecule has 170 valence electrons. The first-order chi connectivity index (χ1) is 14.5. The Morgan fingerprint density at radius 2 is 1.97 bits per heavy atom. The number of nitrogens with zero attached hydrogens (tertiary/aromatic N) is 3. The van der Waals surface area contributed by atoms with Crippen LogP contribution in [0.4, 0.5) is 13.2 Å². The standard InChI is InChI=1S/C21H27F3N4O3/c1-14-18(12-20(30)27(3)13-19(29)25-9-6-10-31-4)15(2)28(26-14)17-8-5-7-16(11-17)21(22,23)24/h5,7-8,11H,6,9-10,12-13H2,1-4H3,(H,25,29). The van der Waals surface area contributed by atoms with E-state index in [1.165, 1.54) is 28.8 Å². The lowest BCUT2D eigenvalue weighted by Crippen LogP contribution is -2.39. The number of alkyl halides is 3. The van der Waals surface area contributed by atoms with Crippen LogP contribution in [0.15, 0.2) is 24.3 Å². The summed E-state index contributed by atoms with van der Waals surface area (Å²) in [5.74, 6) is -0.568. The molecule has 31 heavy (non-hydrogen) atoms. The average molecular weight is 440 g/mol. The molecule has 1 aromatic carbocycles. The number of rotatable bonds is 9. The van der Waals surface area contributed by atoms with Crippen molar-refractivity contribution in [2.75, 3.05) is 33.9 Å². The van der Waals surface area contributed by atoms with Gasteiger partial charge in [0.15, 0.2) is 0 Å². The van der Waals surface area contributed by atoms with E-state index in [9.17, 15) is 22.8 Å². The van der Waals surface area contributed by atoms with Gasteiger partial charge < -0.3 is 15.0 Å². The minimum absolute atomic E-state index is 0.00984. The Labute approximate surface area is 179 Å². The summed E-state index contributed by atoms with van der Waals surface area (Å²) in [6.45, 7) is 4.29. The van der Waals surface area contributed by atoms with Gasteiger partial charge in [-0.2, -0.15) is 18.3 Å². The lowest BCUT2D eigenvalue weighted by Gasteiger charge is -2.17. The fourth-order valence-corrected chi connectivity index (χ4v) is 3.09. The van der Waals surface area contributed by atoms with Crippen molar-refractivity contribution in [1.82, 2.24) is 20.0 Å². The Kier molecular flexibility index (Phi) is 8.21. The van der Waals surface area contributed by atoms with Crippen molar-refractivity contribution < 1.29 is 27.5 Å². The minimum atomic E-state index is -4.46. The van der Waals surface area contributed by atoms with E-state index in [-0.39, 0.29) is 30.5 Å². The van der Waals surface area contributed by atoms with Crippen LogP contribution in [0.5, 0.6) is 0 Å². The number of likely N-dealkylation sites (N-methyl/N-ethyl adjacent to an activating group) is 1. The number of ether oxygens (including phenoxy) is 1. The maximum absolute atomic E-state index is 13.0. The largest absolute Gasteiger partial charge is 0.416 e. The van der Waals surface area contributed by atoms with Gasteiger partial charge >= 0.3 is 6.18 Å². The zero-order chi connectivity index (χ0) is 23.2. The van der Waals surface area contributed by atoms with Gasteiger partial charge in [-0.25, -0.2) is 4.68 Å². The molecule has 1 N–H and O–H groups in total. The predicted octanol–water partition coefficient (Wildman–Crippen LogP) is 2.66. The lowest BCUT2D eigenvalue weighted by molar-refractivity contribution is -0.137. The molecule has 0 saturated carbocycles. The SMILES string of the molecule is COCCCNC(=O)CN(C)C(=O)Cc1c(C)nn(-c2cccc(C(F)(F)F)c2)c1C. The van der Waals surface area contributed by atoms with Gasteiger partial charge in [0.25, 0.3) is 0 Å². The van der Waals surface area contributed by atoms with Crippen molar-refractivity contribution in [3.63, 3.8) is 0 Å². The second-order valence-corrected chi connectivity index (χ2v) is 7.23. The van der Waals surface area contributed by atoms with Gasteiger partial charge in [0.2, 0.25) is 11.8 Å². The highest BCUT2D eigenvalue weighted by Gasteiger charge is 2.31. The topological polar surface area (TPSA) is 76.5 Å². The molecule has 1 aromatic heterocycles. The number of aryl methyl sites for hydroxylation is 1. The van der Waals surface area contributed by atoms with Crippen LogP contribution in [0.3, 0.4) is 0 Å². The average Bonchev–Trinajstić information content (AvgIpc) is 2.99. The molecule has 0 bridgehead atoms. The zero-order valence-electron chi connectivity index (χ0n) is 18.0. The highest BCUT2D eigenvalue weighted by Crippen LogP contribution is 2.31. The molecule has 2 rings (SSSR count). The summed E-state index contributed by atoms with van der Waals surface area (Å²) in [5, 5.41) is 7.03. The Morgan fingerprint density at radius 1 is 1.26 bits per heavy atom. The maximum atomic E-state index is 13.0. The molecule has 0 spiro atoms. The Balaban J connectivity index is 2.09. The molecule has 0 radical (unpaired) electrons. The number of benzene rings is 1. The number of hydrogen-bond acceptors (Lipinski definition) is 4. The first-order valence-electron chi connectivity index (χ1n) is 9.77. The van der Waals surface area contributed by atoms with Crippen molar-refractivity contribution >= 4 is 11.8 Å². The summed E-state index contributed by atoms with van der Waals surface area (Å²) in [6.07, 6.45) is -3.80. The number of nitrogens with one attached hydrogen (secondary N) is 1. The number of carbonyl (C=O) groups is 2. The Hall–Kier alpha value is -2.88. The van der Waals surface area contributed by atoms with Crippen molar-refractivity contribution in [3.05, 3.63) is 46.8 Å². The number of methoxy groups -OCH3 is 1. The van der Waals surface area contributed by atoms with Crippen LogP contribution in [0.25, 0.3) is 5.69 Å². The molecule has 10 heteroatoms. The van der Waals surface area contributed by atoms with E-state index in [0.717, 1.165) is 12.1 Å². The Morgan fingerprint density at radius 3 is 2.61 bits per heavy atom. The third kappa shape index (κ3) is 6.55. The second-order valence-electron chi connectivity index (χ2n) is 7.23. The van der Waals surface area contributed by atoms with E-state index in [4.69, 9.17) is 4.74 Å². The van der Waals surface area contributed by atoms with Crippen LogP contribution in [-0.2, 0) is 26.9 Å². The van der Waals surface area contributed by atoms with E-state index < -0.39 is 11.7 Å². The Bertz CT molecular complexity index is 925. The van der Waals surface area contributed by atoms with E-state index in [0.29, 0.717) is 36.5 Å². The molecule has 7 nitrogen and oxygen atoms in total. The van der Waals surface area contributed by atoms with Gasteiger partial charge in [0.05, 0.1) is 29.9 Å². The normalized spacial score (nSPS) is 11.5. The predicted molar refractivity (Wildman–Crippen MR) is 109 cm³/mol. The quantitative estimate of drug-likeness (QED) is 0.609. The minimum Gasteiger partial charge on any atom is -0.385 e. The molecule has 2 amide bonds. The van der Waals surface area contributed by atoms with Gasteiger partial charge in [-0.1, -0.05) is 6.07 Å². The third-order valence-corrected chi connectivity index (χ3v) is 4.84. The third-order valence-electron chi connectivity index (χ3n) is 4.84. The highest BCUT2D eigenvalue weighted by atomic mass is 19.4. The fourth-order valence-electron chi connectivity index (χ4n) is 3.09. The highest BCUT2D eigenvalue weighted by molar-refractivity contribution is 5.85. The molecule has 0 aliphatic rings. The van der Waals surface area contributed by atoms with Crippen molar-refractivity contribution in [3.8, 4) is 5.69 Å². The lowest BCUT2D eigenvalue weighted by atomic mass is 10.1. The monoisotopic (exact) mass is 440 g/mol. The molecular formula is C21H27F3N4O3. The molecule has 2 aromatic rings. The number of carbonyl (C=O) groups excluding carboxylic acids is 2. The summed E-state index contributed by atoms with van der Waals surface area (Å²) in [5.41, 5.74) is 1.22. The van der Waals surface area contributed by atoms with Gasteiger partial charge in [-0.3, -0.25) is 9.59 Å². The van der Waals surface area contributed by atoms with Gasteiger partial charge in [-0.15, -0.1) is 0 Å². The first-order valence-corrected chi connectivity index (χ1v) is 9.77. The number of amides is 2. The van der Waals surface area contributed by atoms with E-state index in [1.807, 2.05) is 0 Å². The molecule has 0 aliphatic heterocycles. The van der Waals surface area contributed by atoms with Gasteiger partial charge in [0, 0.05) is 38.6 Å². The van der Waals surface area contributed by atoms with Crippen molar-refractivity contribution in [1.29, 1.82) is 0 Å². The van der Waals surface area contributed by atoms with Crippen LogP contribution >= 0.6 is 0 Å². The number of aromatic nitrogens is 2. The van der Waals surface area contributed by atoms with E-state index in [1.54, 1.807) is 21.0 Å². The smallest absolute Gasteiger partial charge is 0.385 e.